The summed E-state index contributed by atoms with van der Waals surface area (Å²) in [6, 6.07) is 9.57. The highest BCUT2D eigenvalue weighted by molar-refractivity contribution is 5.99. The van der Waals surface area contributed by atoms with Gasteiger partial charge >= 0.3 is 0 Å². The van der Waals surface area contributed by atoms with Crippen molar-refractivity contribution in [3.63, 3.8) is 0 Å². The van der Waals surface area contributed by atoms with E-state index < -0.39 is 0 Å². The van der Waals surface area contributed by atoms with E-state index in [-0.39, 0.29) is 16.6 Å². The van der Waals surface area contributed by atoms with Crippen LogP contribution in [0.5, 0.6) is 5.75 Å². The van der Waals surface area contributed by atoms with Gasteiger partial charge in [-0.15, -0.1) is 0 Å². The molecule has 0 radical (unpaired) electrons. The summed E-state index contributed by atoms with van der Waals surface area (Å²) in [6.45, 7) is 8.25. The molecule has 0 amide bonds. The van der Waals surface area contributed by atoms with Crippen LogP contribution in [-0.2, 0) is 11.2 Å². The van der Waals surface area contributed by atoms with Crippen molar-refractivity contribution in [3.05, 3.63) is 74.8 Å². The first-order valence-corrected chi connectivity index (χ1v) is 10.3. The molecule has 1 aliphatic carbocycles. The number of aryl methyl sites for hydroxylation is 2. The lowest BCUT2D eigenvalue weighted by Gasteiger charge is -2.34. The molecule has 4 heteroatoms. The Hall–Kier alpha value is -3.14. The van der Waals surface area contributed by atoms with Crippen molar-refractivity contribution in [2.24, 2.45) is 5.41 Å². The van der Waals surface area contributed by atoms with E-state index in [0.29, 0.717) is 35.1 Å². The lowest BCUT2D eigenvalue weighted by molar-refractivity contribution is -0.118. The molecule has 0 unspecified atom stereocenters. The lowest BCUT2D eigenvalue weighted by atomic mass is 9.74. The molecule has 2 heterocycles. The topological polar surface area (TPSA) is 56.5 Å². The fraction of sp³-hybridized carbons (Fsp3) is 0.308. The molecule has 1 aliphatic heterocycles. The number of rotatable bonds is 1. The van der Waals surface area contributed by atoms with Crippen LogP contribution in [0, 0.1) is 19.3 Å². The molecule has 3 aromatic rings. The van der Waals surface area contributed by atoms with Crippen molar-refractivity contribution < 1.29 is 13.9 Å². The van der Waals surface area contributed by atoms with Gasteiger partial charge in [0.05, 0.1) is 10.9 Å². The van der Waals surface area contributed by atoms with Gasteiger partial charge in [0.15, 0.2) is 5.78 Å². The van der Waals surface area contributed by atoms with E-state index in [1.54, 1.807) is 6.07 Å². The maximum Gasteiger partial charge on any atom is 0.200 e. The number of ether oxygens (including phenoxy) is 1. The van der Waals surface area contributed by atoms with Gasteiger partial charge in [0.2, 0.25) is 5.43 Å². The van der Waals surface area contributed by atoms with E-state index in [4.69, 9.17) is 9.15 Å². The van der Waals surface area contributed by atoms with Gasteiger partial charge in [0.1, 0.15) is 23.4 Å². The van der Waals surface area contributed by atoms with Gasteiger partial charge in [-0.05, 0) is 48.1 Å². The third-order valence-electron chi connectivity index (χ3n) is 6.36. The Morgan fingerprint density at radius 3 is 2.53 bits per heavy atom. The Morgan fingerprint density at radius 2 is 1.77 bits per heavy atom. The summed E-state index contributed by atoms with van der Waals surface area (Å²) in [6.07, 6.45) is 3.23. The summed E-state index contributed by atoms with van der Waals surface area (Å²) in [7, 11) is 0. The molecule has 4 nitrogen and oxygen atoms in total. The van der Waals surface area contributed by atoms with Crippen molar-refractivity contribution in [1.29, 1.82) is 0 Å². The molecule has 0 bridgehead atoms. The van der Waals surface area contributed by atoms with Crippen LogP contribution in [0.1, 0.15) is 43.4 Å². The van der Waals surface area contributed by atoms with E-state index in [2.05, 4.69) is 13.8 Å². The Bertz CT molecular complexity index is 1320. The van der Waals surface area contributed by atoms with Gasteiger partial charge in [0.25, 0.3) is 0 Å². The normalized spacial score (nSPS) is 17.5. The van der Waals surface area contributed by atoms with Gasteiger partial charge in [0, 0.05) is 30.4 Å². The Morgan fingerprint density at radius 1 is 0.967 bits per heavy atom. The third kappa shape index (κ3) is 2.90. The van der Waals surface area contributed by atoms with Gasteiger partial charge < -0.3 is 9.15 Å². The fourth-order valence-electron chi connectivity index (χ4n) is 4.52. The van der Waals surface area contributed by atoms with Gasteiger partial charge in [-0.25, -0.2) is 0 Å². The predicted octanol–water partition coefficient (Wildman–Crippen LogP) is 5.65. The maximum absolute atomic E-state index is 13.3. The highest BCUT2D eigenvalue weighted by Gasteiger charge is 2.37. The van der Waals surface area contributed by atoms with Gasteiger partial charge in [-0.3, -0.25) is 9.59 Å². The lowest BCUT2D eigenvalue weighted by Crippen LogP contribution is -2.30. The molecular formula is C26H24O4. The quantitative estimate of drug-likeness (QED) is 0.529. The number of hydrogen-bond acceptors (Lipinski definition) is 4. The van der Waals surface area contributed by atoms with Crippen molar-refractivity contribution in [2.75, 3.05) is 0 Å². The summed E-state index contributed by atoms with van der Waals surface area (Å²) in [5.74, 6) is 1.56. The first-order valence-electron chi connectivity index (χ1n) is 10.3. The number of allylic oxidation sites excluding steroid dienone is 2. The SMILES string of the molecule is Cc1ccc(-c2coc3c4c(ccc3c2=O)OC2=C(C4)C(=O)CC(C)(C)C2)cc1C. The minimum atomic E-state index is -0.0993. The van der Waals surface area contributed by atoms with Gasteiger partial charge in [-0.2, -0.15) is 0 Å². The van der Waals surface area contributed by atoms with Crippen molar-refractivity contribution >= 4 is 16.8 Å². The first-order chi connectivity index (χ1) is 14.2. The number of fused-ring (bicyclic) bond motifs is 3. The molecule has 2 aromatic carbocycles. The largest absolute Gasteiger partial charge is 0.463 e. The first kappa shape index (κ1) is 18.9. The van der Waals surface area contributed by atoms with Crippen LogP contribution in [0.25, 0.3) is 22.1 Å². The molecule has 1 aromatic heterocycles. The number of benzene rings is 2. The van der Waals surface area contributed by atoms with Crippen LogP contribution in [-0.4, -0.2) is 5.78 Å². The molecular weight excluding hydrogens is 376 g/mol. The smallest absolute Gasteiger partial charge is 0.200 e. The molecule has 5 rings (SSSR count). The van der Waals surface area contributed by atoms with Crippen LogP contribution in [0.4, 0.5) is 0 Å². The summed E-state index contributed by atoms with van der Waals surface area (Å²) < 4.78 is 12.1. The average Bonchev–Trinajstić information content (AvgIpc) is 2.68. The zero-order valence-electron chi connectivity index (χ0n) is 17.7. The minimum Gasteiger partial charge on any atom is -0.463 e. The van der Waals surface area contributed by atoms with Crippen LogP contribution < -0.4 is 10.2 Å². The molecule has 0 atom stereocenters. The highest BCUT2D eigenvalue weighted by Crippen LogP contribution is 2.44. The van der Waals surface area contributed by atoms with E-state index >= 15 is 0 Å². The summed E-state index contributed by atoms with van der Waals surface area (Å²) in [5.41, 5.74) is 5.53. The van der Waals surface area contributed by atoms with Crippen molar-refractivity contribution in [1.82, 2.24) is 0 Å². The average molecular weight is 400 g/mol. The Balaban J connectivity index is 1.63. The standard InChI is InChI=1S/C26H24O4/c1-14-5-6-16(9-15(14)2)20-13-29-25-17(24(20)28)7-8-22-19(25)10-18-21(27)11-26(3,4)12-23(18)30-22/h5-9,13H,10-12H2,1-4H3. The van der Waals surface area contributed by atoms with Gasteiger partial charge in [-0.1, -0.05) is 32.0 Å². The van der Waals surface area contributed by atoms with E-state index in [0.717, 1.165) is 34.4 Å². The second-order valence-electron chi connectivity index (χ2n) is 9.32. The van der Waals surface area contributed by atoms with Crippen LogP contribution in [0.3, 0.4) is 0 Å². The fourth-order valence-corrected chi connectivity index (χ4v) is 4.52. The molecule has 0 saturated carbocycles. The number of carbonyl (C=O) groups is 1. The highest BCUT2D eigenvalue weighted by atomic mass is 16.5. The second-order valence-corrected chi connectivity index (χ2v) is 9.32. The molecule has 2 aliphatic rings. The van der Waals surface area contributed by atoms with Crippen LogP contribution in [0.15, 0.2) is 57.1 Å². The molecule has 0 fully saturated rings. The van der Waals surface area contributed by atoms with E-state index in [1.807, 2.05) is 38.1 Å². The Kier molecular flexibility index (Phi) is 4.04. The molecule has 30 heavy (non-hydrogen) atoms. The van der Waals surface area contributed by atoms with E-state index in [9.17, 15) is 9.59 Å². The minimum absolute atomic E-state index is 0.0711. The predicted molar refractivity (Wildman–Crippen MR) is 117 cm³/mol. The van der Waals surface area contributed by atoms with Crippen LogP contribution >= 0.6 is 0 Å². The molecule has 152 valence electrons. The monoisotopic (exact) mass is 400 g/mol. The summed E-state index contributed by atoms with van der Waals surface area (Å²) in [5, 5.41) is 0.515. The molecule has 0 N–H and O–H groups in total. The number of Topliss-reactive ketones (excluding diaryl/α,β-unsaturated/α-hetero) is 1. The molecule has 0 spiro atoms. The summed E-state index contributed by atoms with van der Waals surface area (Å²) >= 11 is 0. The van der Waals surface area contributed by atoms with Crippen LogP contribution in [0.2, 0.25) is 0 Å². The number of ketones is 1. The van der Waals surface area contributed by atoms with Crippen molar-refractivity contribution in [3.8, 4) is 16.9 Å². The van der Waals surface area contributed by atoms with Crippen molar-refractivity contribution in [2.45, 2.75) is 47.0 Å². The third-order valence-corrected chi connectivity index (χ3v) is 6.36. The zero-order chi connectivity index (χ0) is 21.2. The zero-order valence-corrected chi connectivity index (χ0v) is 17.7. The molecule has 0 saturated heterocycles. The maximum atomic E-state index is 13.3. The second kappa shape index (κ2) is 6.43. The number of carbonyl (C=O) groups excluding carboxylic acids is 1. The van der Waals surface area contributed by atoms with E-state index in [1.165, 1.54) is 11.8 Å². The summed E-state index contributed by atoms with van der Waals surface area (Å²) in [4.78, 5) is 26.0. The number of hydrogen-bond donors (Lipinski definition) is 0. The Labute approximate surface area is 175 Å².